The van der Waals surface area contributed by atoms with Crippen molar-refractivity contribution in [3.05, 3.63) is 48.3 Å². The number of nitrogens with one attached hydrogen (secondary N) is 1. The smallest absolute Gasteiger partial charge is 0.235 e. The second-order valence-corrected chi connectivity index (χ2v) is 5.79. The molecule has 0 aliphatic heterocycles. The third-order valence-corrected chi connectivity index (χ3v) is 4.15. The summed E-state index contributed by atoms with van der Waals surface area (Å²) in [5.74, 6) is 4.21. The van der Waals surface area contributed by atoms with Crippen LogP contribution in [0.15, 0.2) is 45.6 Å². The molecule has 0 spiro atoms. The van der Waals surface area contributed by atoms with Gasteiger partial charge >= 0.3 is 0 Å². The van der Waals surface area contributed by atoms with E-state index in [0.717, 1.165) is 11.5 Å². The van der Waals surface area contributed by atoms with E-state index < -0.39 is 5.54 Å². The van der Waals surface area contributed by atoms with Crippen LogP contribution < -0.4 is 5.32 Å². The zero-order valence-electron chi connectivity index (χ0n) is 14.2. The van der Waals surface area contributed by atoms with E-state index in [-0.39, 0.29) is 12.5 Å². The molecule has 2 rings (SSSR count). The molecular formula is C19H24N2O3. The van der Waals surface area contributed by atoms with Gasteiger partial charge in [0.2, 0.25) is 5.91 Å². The van der Waals surface area contributed by atoms with Crippen molar-refractivity contribution in [2.24, 2.45) is 0 Å². The summed E-state index contributed by atoms with van der Waals surface area (Å²) in [6.07, 6.45) is 10.3. The fourth-order valence-corrected chi connectivity index (χ4v) is 2.59. The number of nitrogens with zero attached hydrogens (tertiary/aromatic N) is 1. The summed E-state index contributed by atoms with van der Waals surface area (Å²) in [7, 11) is 0. The highest BCUT2D eigenvalue weighted by molar-refractivity contribution is 5.79. The molecule has 1 amide bonds. The van der Waals surface area contributed by atoms with Crippen molar-refractivity contribution in [2.45, 2.75) is 45.3 Å². The minimum absolute atomic E-state index is 0.102. The molecule has 0 aliphatic carbocycles. The monoisotopic (exact) mass is 328 g/mol. The van der Waals surface area contributed by atoms with Crippen LogP contribution in [-0.4, -0.2) is 22.9 Å². The number of carbonyl (C=O) groups is 1. The van der Waals surface area contributed by atoms with E-state index in [1.54, 1.807) is 12.5 Å². The van der Waals surface area contributed by atoms with Gasteiger partial charge in [0.1, 0.15) is 17.1 Å². The van der Waals surface area contributed by atoms with Crippen LogP contribution in [0, 0.1) is 12.3 Å². The van der Waals surface area contributed by atoms with Gasteiger partial charge in [0.25, 0.3) is 0 Å². The van der Waals surface area contributed by atoms with Gasteiger partial charge in [-0.1, -0.05) is 19.8 Å². The Morgan fingerprint density at radius 3 is 2.08 bits per heavy atom. The average Bonchev–Trinajstić information content (AvgIpc) is 3.26. The highest BCUT2D eigenvalue weighted by Crippen LogP contribution is 2.15. The number of amides is 1. The van der Waals surface area contributed by atoms with Crippen molar-refractivity contribution in [3.8, 4) is 12.3 Å². The molecule has 0 fully saturated rings. The number of hydrogen-bond donors (Lipinski definition) is 1. The summed E-state index contributed by atoms with van der Waals surface area (Å²) >= 11 is 0. The lowest BCUT2D eigenvalue weighted by molar-refractivity contribution is -0.124. The molecule has 5 nitrogen and oxygen atoms in total. The van der Waals surface area contributed by atoms with Crippen molar-refractivity contribution in [1.29, 1.82) is 0 Å². The van der Waals surface area contributed by atoms with Crippen molar-refractivity contribution < 1.29 is 13.6 Å². The van der Waals surface area contributed by atoms with Gasteiger partial charge in [-0.2, -0.15) is 0 Å². The Bertz CT molecular complexity index is 613. The minimum atomic E-state index is -0.585. The molecule has 1 N–H and O–H groups in total. The lowest BCUT2D eigenvalue weighted by Gasteiger charge is -2.28. The quantitative estimate of drug-likeness (QED) is 0.718. The molecule has 0 unspecified atom stereocenters. The number of carbonyl (C=O) groups excluding carboxylic acids is 1. The molecule has 128 valence electrons. The summed E-state index contributed by atoms with van der Waals surface area (Å²) in [6, 6.07) is 7.43. The summed E-state index contributed by atoms with van der Waals surface area (Å²) < 4.78 is 10.8. The first-order chi connectivity index (χ1) is 11.6. The SMILES string of the molecule is C#CC(CC)(CC)NC(=O)CN(Cc1ccco1)Cc1ccco1. The van der Waals surface area contributed by atoms with Crippen LogP contribution in [0.5, 0.6) is 0 Å². The van der Waals surface area contributed by atoms with E-state index in [1.807, 2.05) is 43.0 Å². The van der Waals surface area contributed by atoms with Crippen molar-refractivity contribution in [1.82, 2.24) is 10.2 Å². The van der Waals surface area contributed by atoms with Gasteiger partial charge in [0.15, 0.2) is 0 Å². The van der Waals surface area contributed by atoms with Gasteiger partial charge in [-0.3, -0.25) is 9.69 Å². The van der Waals surface area contributed by atoms with E-state index in [9.17, 15) is 4.79 Å². The first-order valence-electron chi connectivity index (χ1n) is 8.16. The maximum Gasteiger partial charge on any atom is 0.235 e. The third-order valence-electron chi connectivity index (χ3n) is 4.15. The van der Waals surface area contributed by atoms with Crippen LogP contribution >= 0.6 is 0 Å². The number of furan rings is 2. The molecule has 2 aromatic heterocycles. The fourth-order valence-electron chi connectivity index (χ4n) is 2.59. The van der Waals surface area contributed by atoms with Crippen LogP contribution in [-0.2, 0) is 17.9 Å². The molecule has 0 saturated heterocycles. The van der Waals surface area contributed by atoms with Crippen LogP contribution in [0.3, 0.4) is 0 Å². The molecule has 0 aliphatic rings. The highest BCUT2D eigenvalue weighted by atomic mass is 16.3. The molecule has 24 heavy (non-hydrogen) atoms. The Morgan fingerprint density at radius 2 is 1.71 bits per heavy atom. The number of hydrogen-bond acceptors (Lipinski definition) is 4. The Kier molecular flexibility index (Phi) is 6.28. The maximum atomic E-state index is 12.5. The predicted octanol–water partition coefficient (Wildman–Crippen LogP) is 3.18. The van der Waals surface area contributed by atoms with Gasteiger partial charge in [-0.05, 0) is 37.1 Å². The summed E-state index contributed by atoms with van der Waals surface area (Å²) in [4.78, 5) is 14.5. The van der Waals surface area contributed by atoms with E-state index in [1.165, 1.54) is 0 Å². The van der Waals surface area contributed by atoms with E-state index in [4.69, 9.17) is 15.3 Å². The van der Waals surface area contributed by atoms with Crippen LogP contribution in [0.25, 0.3) is 0 Å². The number of terminal acetylenes is 1. The van der Waals surface area contributed by atoms with Crippen LogP contribution in [0.2, 0.25) is 0 Å². The lowest BCUT2D eigenvalue weighted by atomic mass is 9.94. The van der Waals surface area contributed by atoms with Crippen molar-refractivity contribution in [2.75, 3.05) is 6.54 Å². The van der Waals surface area contributed by atoms with Crippen LogP contribution in [0.1, 0.15) is 38.2 Å². The van der Waals surface area contributed by atoms with Gasteiger partial charge in [-0.15, -0.1) is 6.42 Å². The molecule has 0 aromatic carbocycles. The van der Waals surface area contributed by atoms with E-state index in [2.05, 4.69) is 11.2 Å². The summed E-state index contributed by atoms with van der Waals surface area (Å²) in [5, 5.41) is 2.99. The second-order valence-electron chi connectivity index (χ2n) is 5.79. The first-order valence-corrected chi connectivity index (χ1v) is 8.16. The molecule has 0 atom stereocenters. The molecule has 5 heteroatoms. The molecule has 2 heterocycles. The van der Waals surface area contributed by atoms with Crippen LogP contribution in [0.4, 0.5) is 0 Å². The van der Waals surface area contributed by atoms with E-state index >= 15 is 0 Å². The summed E-state index contributed by atoms with van der Waals surface area (Å²) in [5.41, 5.74) is -0.585. The van der Waals surface area contributed by atoms with Gasteiger partial charge in [0, 0.05) is 0 Å². The Morgan fingerprint density at radius 1 is 1.17 bits per heavy atom. The molecule has 0 bridgehead atoms. The molecule has 0 radical (unpaired) electrons. The lowest BCUT2D eigenvalue weighted by Crippen LogP contribution is -2.49. The predicted molar refractivity (Wildman–Crippen MR) is 91.8 cm³/mol. The molecule has 2 aromatic rings. The van der Waals surface area contributed by atoms with Crippen molar-refractivity contribution >= 4 is 5.91 Å². The van der Waals surface area contributed by atoms with Gasteiger partial charge in [0.05, 0.1) is 32.2 Å². The Balaban J connectivity index is 2.03. The Hall–Kier alpha value is -2.45. The van der Waals surface area contributed by atoms with E-state index in [0.29, 0.717) is 25.9 Å². The van der Waals surface area contributed by atoms with Gasteiger partial charge < -0.3 is 14.2 Å². The zero-order chi connectivity index (χ0) is 17.4. The third kappa shape index (κ3) is 4.77. The zero-order valence-corrected chi connectivity index (χ0v) is 14.2. The topological polar surface area (TPSA) is 58.6 Å². The maximum absolute atomic E-state index is 12.5. The highest BCUT2D eigenvalue weighted by Gasteiger charge is 2.26. The average molecular weight is 328 g/mol. The van der Waals surface area contributed by atoms with Gasteiger partial charge in [-0.25, -0.2) is 0 Å². The second kappa shape index (κ2) is 8.42. The standard InChI is InChI=1S/C19H24N2O3/c1-4-19(5-2,6-3)20-18(22)15-21(13-16-9-7-11-23-16)14-17-10-8-12-24-17/h1,7-12H,5-6,13-15H2,2-3H3,(H,20,22). The molecular weight excluding hydrogens is 304 g/mol. The fraction of sp³-hybridized carbons (Fsp3) is 0.421. The minimum Gasteiger partial charge on any atom is -0.468 e. The normalized spacial score (nSPS) is 11.4. The van der Waals surface area contributed by atoms with Crippen molar-refractivity contribution in [3.63, 3.8) is 0 Å². The summed E-state index contributed by atoms with van der Waals surface area (Å²) in [6.45, 7) is 5.20. The molecule has 0 saturated carbocycles. The first kappa shape index (κ1) is 17.9. The number of rotatable bonds is 9. The largest absolute Gasteiger partial charge is 0.468 e. The Labute approximate surface area is 143 Å².